The lowest BCUT2D eigenvalue weighted by Crippen LogP contribution is -2.38. The van der Waals surface area contributed by atoms with Crippen LogP contribution >= 0.6 is 11.3 Å². The second-order valence-electron chi connectivity index (χ2n) is 6.43. The molecular weight excluding hydrogens is 378 g/mol. The highest BCUT2D eigenvalue weighted by atomic mass is 32.2. The van der Waals surface area contributed by atoms with Gasteiger partial charge < -0.3 is 0 Å². The summed E-state index contributed by atoms with van der Waals surface area (Å²) in [4.78, 5) is 6.89. The minimum Gasteiger partial charge on any atom is -0.296 e. The van der Waals surface area contributed by atoms with E-state index in [9.17, 15) is 8.42 Å². The highest BCUT2D eigenvalue weighted by molar-refractivity contribution is 7.89. The Kier molecular flexibility index (Phi) is 6.26. The topological polar surface area (TPSA) is 62.3 Å². The monoisotopic (exact) mass is 403 g/mol. The van der Waals surface area contributed by atoms with Gasteiger partial charge in [0.25, 0.3) is 0 Å². The number of aromatic nitrogens is 1. The molecule has 1 N–H and O–H groups in total. The fraction of sp³-hybridized carbons (Fsp3) is 0.350. The average Bonchev–Trinajstić information content (AvgIpc) is 3.20. The predicted octanol–water partition coefficient (Wildman–Crippen LogP) is 3.97. The van der Waals surface area contributed by atoms with Crippen LogP contribution in [0, 0.1) is 6.92 Å². The van der Waals surface area contributed by atoms with Crippen LogP contribution in [0.2, 0.25) is 0 Å². The first-order valence-corrected chi connectivity index (χ1v) is 11.5. The largest absolute Gasteiger partial charge is 0.296 e. The summed E-state index contributed by atoms with van der Waals surface area (Å²) in [5.41, 5.74) is 2.82. The molecule has 0 spiro atoms. The molecule has 2 aromatic heterocycles. The third kappa shape index (κ3) is 4.21. The van der Waals surface area contributed by atoms with E-state index in [0.29, 0.717) is 11.9 Å². The molecule has 0 bridgehead atoms. The zero-order valence-corrected chi connectivity index (χ0v) is 17.5. The smallest absolute Gasteiger partial charge is 0.241 e. The van der Waals surface area contributed by atoms with E-state index >= 15 is 0 Å². The van der Waals surface area contributed by atoms with Gasteiger partial charge in [-0.3, -0.25) is 9.88 Å². The van der Waals surface area contributed by atoms with Crippen molar-refractivity contribution in [2.75, 3.05) is 19.6 Å². The molecule has 0 saturated heterocycles. The fourth-order valence-corrected chi connectivity index (χ4v) is 5.32. The molecule has 0 aliphatic rings. The van der Waals surface area contributed by atoms with E-state index in [0.717, 1.165) is 29.7 Å². The molecule has 0 amide bonds. The Bertz CT molecular complexity index is 997. The molecular formula is C20H25N3O2S2. The van der Waals surface area contributed by atoms with E-state index < -0.39 is 10.0 Å². The Labute approximate surface area is 165 Å². The van der Waals surface area contributed by atoms with E-state index in [1.807, 2.05) is 24.4 Å². The fourth-order valence-electron chi connectivity index (χ4n) is 3.38. The van der Waals surface area contributed by atoms with Crippen LogP contribution in [0.1, 0.15) is 31.0 Å². The first-order chi connectivity index (χ1) is 13.0. The summed E-state index contributed by atoms with van der Waals surface area (Å²) >= 11 is 1.63. The Hall–Kier alpha value is -1.80. The number of benzene rings is 1. The summed E-state index contributed by atoms with van der Waals surface area (Å²) in [5.74, 6) is 0. The van der Waals surface area contributed by atoms with Gasteiger partial charge >= 0.3 is 0 Å². The van der Waals surface area contributed by atoms with E-state index in [-0.39, 0.29) is 10.9 Å². The number of thiophene rings is 1. The van der Waals surface area contributed by atoms with Crippen LogP contribution in [0.3, 0.4) is 0 Å². The van der Waals surface area contributed by atoms with E-state index in [4.69, 9.17) is 0 Å². The van der Waals surface area contributed by atoms with Gasteiger partial charge in [0.15, 0.2) is 0 Å². The zero-order chi connectivity index (χ0) is 19.4. The molecule has 1 unspecified atom stereocenters. The summed E-state index contributed by atoms with van der Waals surface area (Å²) in [5, 5.41) is 4.77. The predicted molar refractivity (Wildman–Crippen MR) is 112 cm³/mol. The maximum atomic E-state index is 13.1. The van der Waals surface area contributed by atoms with Gasteiger partial charge in [-0.05, 0) is 66.2 Å². The number of hydrogen-bond acceptors (Lipinski definition) is 5. The van der Waals surface area contributed by atoms with Gasteiger partial charge in [0.05, 0.1) is 10.4 Å². The maximum Gasteiger partial charge on any atom is 0.241 e. The van der Waals surface area contributed by atoms with Gasteiger partial charge in [-0.25, -0.2) is 13.1 Å². The lowest BCUT2D eigenvalue weighted by molar-refractivity contribution is 0.220. The summed E-state index contributed by atoms with van der Waals surface area (Å²) in [6.45, 7) is 8.17. The Balaban J connectivity index is 1.91. The molecule has 0 radical (unpaired) electrons. The molecule has 3 rings (SSSR count). The number of nitrogens with zero attached hydrogens (tertiary/aromatic N) is 2. The standard InChI is InChI=1S/C20H25N3O2S2/c1-4-23(5-2)18(16-10-12-26-14-16)13-22-27(24,25)19-9-8-15(3)20-17(19)7-6-11-21-20/h6-12,14,18,22H,4-5,13H2,1-3H3. The summed E-state index contributed by atoms with van der Waals surface area (Å²) in [6.07, 6.45) is 1.69. The van der Waals surface area contributed by atoms with Crippen molar-refractivity contribution < 1.29 is 8.42 Å². The van der Waals surface area contributed by atoms with Gasteiger partial charge in [0.2, 0.25) is 10.0 Å². The average molecular weight is 404 g/mol. The number of likely N-dealkylation sites (N-methyl/N-ethyl adjacent to an activating group) is 1. The third-order valence-electron chi connectivity index (χ3n) is 4.87. The van der Waals surface area contributed by atoms with E-state index in [1.165, 1.54) is 0 Å². The first-order valence-electron chi connectivity index (χ1n) is 9.08. The normalized spacial score (nSPS) is 13.3. The number of hydrogen-bond donors (Lipinski definition) is 1. The van der Waals surface area contributed by atoms with Crippen molar-refractivity contribution in [1.82, 2.24) is 14.6 Å². The summed E-state index contributed by atoms with van der Waals surface area (Å²) in [7, 11) is -3.65. The van der Waals surface area contributed by atoms with Crippen LogP contribution < -0.4 is 4.72 Å². The van der Waals surface area contributed by atoms with Crippen molar-refractivity contribution in [1.29, 1.82) is 0 Å². The lowest BCUT2D eigenvalue weighted by atomic mass is 10.1. The van der Waals surface area contributed by atoms with Gasteiger partial charge in [0.1, 0.15) is 0 Å². The van der Waals surface area contributed by atoms with Crippen LogP contribution in [0.15, 0.2) is 52.2 Å². The number of aryl methyl sites for hydroxylation is 1. The third-order valence-corrected chi connectivity index (χ3v) is 7.05. The van der Waals surface area contributed by atoms with Crippen LogP contribution in [0.25, 0.3) is 10.9 Å². The van der Waals surface area contributed by atoms with Crippen molar-refractivity contribution in [3.05, 3.63) is 58.4 Å². The molecule has 7 heteroatoms. The molecule has 0 fully saturated rings. The molecule has 144 valence electrons. The molecule has 1 atom stereocenters. The number of nitrogens with one attached hydrogen (secondary N) is 1. The molecule has 1 aromatic carbocycles. The quantitative estimate of drug-likeness (QED) is 0.618. The molecule has 0 aliphatic carbocycles. The molecule has 27 heavy (non-hydrogen) atoms. The van der Waals surface area contributed by atoms with Crippen molar-refractivity contribution in [3.63, 3.8) is 0 Å². The van der Waals surface area contributed by atoms with Crippen LogP contribution in [0.4, 0.5) is 0 Å². The Morgan fingerprint density at radius 3 is 2.63 bits per heavy atom. The Morgan fingerprint density at radius 1 is 1.19 bits per heavy atom. The highest BCUT2D eigenvalue weighted by Crippen LogP contribution is 2.26. The number of rotatable bonds is 8. The number of fused-ring (bicyclic) bond motifs is 1. The zero-order valence-electron chi connectivity index (χ0n) is 15.8. The molecule has 0 saturated carbocycles. The SMILES string of the molecule is CCN(CC)C(CNS(=O)(=O)c1ccc(C)c2ncccc12)c1ccsc1. The van der Waals surface area contributed by atoms with E-state index in [1.54, 1.807) is 29.7 Å². The minimum absolute atomic E-state index is 0.0101. The van der Waals surface area contributed by atoms with E-state index in [2.05, 4.69) is 39.9 Å². The number of pyridine rings is 1. The maximum absolute atomic E-state index is 13.1. The van der Waals surface area contributed by atoms with Crippen LogP contribution in [-0.2, 0) is 10.0 Å². The van der Waals surface area contributed by atoms with Crippen molar-refractivity contribution >= 4 is 32.3 Å². The molecule has 5 nitrogen and oxygen atoms in total. The second-order valence-corrected chi connectivity index (χ2v) is 8.94. The van der Waals surface area contributed by atoms with Crippen molar-refractivity contribution in [2.45, 2.75) is 31.7 Å². The second kappa shape index (κ2) is 8.48. The van der Waals surface area contributed by atoms with Crippen LogP contribution in [-0.4, -0.2) is 37.9 Å². The minimum atomic E-state index is -3.65. The van der Waals surface area contributed by atoms with Crippen LogP contribution in [0.5, 0.6) is 0 Å². The first kappa shape index (κ1) is 19.9. The molecule has 3 aromatic rings. The summed E-state index contributed by atoms with van der Waals surface area (Å²) < 4.78 is 29.0. The van der Waals surface area contributed by atoms with Gasteiger partial charge in [-0.1, -0.05) is 19.9 Å². The van der Waals surface area contributed by atoms with Crippen molar-refractivity contribution in [3.8, 4) is 0 Å². The molecule has 2 heterocycles. The van der Waals surface area contributed by atoms with Crippen molar-refractivity contribution in [2.24, 2.45) is 0 Å². The molecule has 0 aliphatic heterocycles. The lowest BCUT2D eigenvalue weighted by Gasteiger charge is -2.29. The van der Waals surface area contributed by atoms with Gasteiger partial charge in [-0.15, -0.1) is 0 Å². The Morgan fingerprint density at radius 2 is 1.96 bits per heavy atom. The number of sulfonamides is 1. The summed E-state index contributed by atoms with van der Waals surface area (Å²) in [6, 6.07) is 9.13. The van der Waals surface area contributed by atoms with Gasteiger partial charge in [-0.2, -0.15) is 11.3 Å². The van der Waals surface area contributed by atoms with Gasteiger partial charge in [0, 0.05) is 24.2 Å². The highest BCUT2D eigenvalue weighted by Gasteiger charge is 2.23.